The number of ether oxygens (including phenoxy) is 1. The number of nitrogens with zero attached hydrogens (tertiary/aromatic N) is 1. The molecule has 1 aliphatic heterocycles. The number of hydrogen-bond donors (Lipinski definition) is 2. The molecule has 1 saturated heterocycles. The van der Waals surface area contributed by atoms with Crippen LogP contribution >= 0.6 is 0 Å². The lowest BCUT2D eigenvalue weighted by Crippen LogP contribution is -2.36. The highest BCUT2D eigenvalue weighted by atomic mass is 32.2. The molecule has 2 rings (SSSR count). The molecule has 1 aliphatic rings. The van der Waals surface area contributed by atoms with Crippen LogP contribution in [0.5, 0.6) is 5.75 Å². The maximum atomic E-state index is 12.4. The van der Waals surface area contributed by atoms with Crippen LogP contribution in [0.4, 0.5) is 0 Å². The van der Waals surface area contributed by atoms with E-state index in [2.05, 4.69) is 4.72 Å². The Kier molecular flexibility index (Phi) is 4.50. The van der Waals surface area contributed by atoms with E-state index < -0.39 is 16.0 Å². The fourth-order valence-electron chi connectivity index (χ4n) is 2.34. The van der Waals surface area contributed by atoms with Crippen molar-refractivity contribution < 1.29 is 23.1 Å². The molecule has 0 aromatic heterocycles. The second-order valence-electron chi connectivity index (χ2n) is 5.04. The number of aromatic carboxylic acids is 1. The lowest BCUT2D eigenvalue weighted by molar-refractivity contribution is 0.0696. The first-order valence-electron chi connectivity index (χ1n) is 6.45. The summed E-state index contributed by atoms with van der Waals surface area (Å²) in [6.07, 6.45) is 0.741. The predicted octanol–water partition coefficient (Wildman–Crippen LogP) is 0.376. The van der Waals surface area contributed by atoms with Gasteiger partial charge < -0.3 is 14.7 Å². The minimum atomic E-state index is -3.75. The number of carbonyl (C=O) groups is 1. The average molecular weight is 314 g/mol. The van der Waals surface area contributed by atoms with Crippen LogP contribution in [0.25, 0.3) is 0 Å². The molecular weight excluding hydrogens is 296 g/mol. The standard InChI is InChI=1S/C13H18N2O5S/c1-15-6-5-10(8-15)14-21(18,19)12-4-3-9(13(16)17)7-11(12)20-2/h3-4,7,10,14H,5-6,8H2,1-2H3,(H,16,17). The Morgan fingerprint density at radius 2 is 2.19 bits per heavy atom. The summed E-state index contributed by atoms with van der Waals surface area (Å²) in [5.74, 6) is -1.11. The monoisotopic (exact) mass is 314 g/mol. The van der Waals surface area contributed by atoms with Crippen molar-refractivity contribution in [2.45, 2.75) is 17.4 Å². The number of carboxylic acid groups (broad SMARTS) is 1. The van der Waals surface area contributed by atoms with Crippen LogP contribution in [-0.4, -0.2) is 57.7 Å². The summed E-state index contributed by atoms with van der Waals surface area (Å²) in [6, 6.07) is 3.56. The van der Waals surface area contributed by atoms with Crippen LogP contribution in [0.3, 0.4) is 0 Å². The van der Waals surface area contributed by atoms with Gasteiger partial charge in [0.25, 0.3) is 0 Å². The summed E-state index contributed by atoms with van der Waals surface area (Å²) in [5, 5.41) is 8.93. The van der Waals surface area contributed by atoms with Crippen LogP contribution in [0.15, 0.2) is 23.1 Å². The van der Waals surface area contributed by atoms with Gasteiger partial charge in [0.15, 0.2) is 0 Å². The summed E-state index contributed by atoms with van der Waals surface area (Å²) in [4.78, 5) is 12.9. The molecule has 21 heavy (non-hydrogen) atoms. The van der Waals surface area contributed by atoms with Gasteiger partial charge >= 0.3 is 5.97 Å². The van der Waals surface area contributed by atoms with Crippen molar-refractivity contribution in [3.63, 3.8) is 0 Å². The largest absolute Gasteiger partial charge is 0.495 e. The van der Waals surface area contributed by atoms with Crippen molar-refractivity contribution in [1.29, 1.82) is 0 Å². The summed E-state index contributed by atoms with van der Waals surface area (Å²) >= 11 is 0. The van der Waals surface area contributed by atoms with E-state index in [-0.39, 0.29) is 22.3 Å². The van der Waals surface area contributed by atoms with E-state index in [0.29, 0.717) is 6.54 Å². The van der Waals surface area contributed by atoms with E-state index in [4.69, 9.17) is 9.84 Å². The first-order chi connectivity index (χ1) is 9.83. The van der Waals surface area contributed by atoms with Gasteiger partial charge in [0.2, 0.25) is 10.0 Å². The number of benzene rings is 1. The zero-order valence-electron chi connectivity index (χ0n) is 11.9. The minimum absolute atomic E-state index is 0.0219. The summed E-state index contributed by atoms with van der Waals surface area (Å²) in [5.41, 5.74) is -0.0219. The van der Waals surface area contributed by atoms with Gasteiger partial charge in [-0.05, 0) is 38.2 Å². The number of sulfonamides is 1. The molecule has 116 valence electrons. The van der Waals surface area contributed by atoms with Crippen LogP contribution in [0.2, 0.25) is 0 Å². The number of carboxylic acids is 1. The van der Waals surface area contributed by atoms with E-state index >= 15 is 0 Å². The van der Waals surface area contributed by atoms with Crippen LogP contribution in [0, 0.1) is 0 Å². The summed E-state index contributed by atoms with van der Waals surface area (Å²) in [7, 11) is -0.511. The van der Waals surface area contributed by atoms with E-state index in [1.54, 1.807) is 0 Å². The number of rotatable bonds is 5. The molecule has 0 amide bonds. The van der Waals surface area contributed by atoms with E-state index in [9.17, 15) is 13.2 Å². The third kappa shape index (κ3) is 3.52. The maximum Gasteiger partial charge on any atom is 0.335 e. The fraction of sp³-hybridized carbons (Fsp3) is 0.462. The zero-order valence-corrected chi connectivity index (χ0v) is 12.7. The van der Waals surface area contributed by atoms with Crippen molar-refractivity contribution in [1.82, 2.24) is 9.62 Å². The number of hydrogen-bond acceptors (Lipinski definition) is 5. The molecule has 2 N–H and O–H groups in total. The third-order valence-electron chi connectivity index (χ3n) is 3.41. The molecule has 8 heteroatoms. The highest BCUT2D eigenvalue weighted by Gasteiger charge is 2.27. The van der Waals surface area contributed by atoms with Crippen LogP contribution in [0.1, 0.15) is 16.8 Å². The molecule has 1 atom stereocenters. The number of likely N-dealkylation sites (N-methyl/N-ethyl adjacent to an activating group) is 1. The van der Waals surface area contributed by atoms with E-state index in [1.807, 2.05) is 11.9 Å². The zero-order chi connectivity index (χ0) is 15.6. The van der Waals surface area contributed by atoms with Gasteiger partial charge in [0.05, 0.1) is 12.7 Å². The fourth-order valence-corrected chi connectivity index (χ4v) is 3.75. The smallest absolute Gasteiger partial charge is 0.335 e. The molecule has 1 heterocycles. The number of methoxy groups -OCH3 is 1. The van der Waals surface area contributed by atoms with E-state index in [1.165, 1.54) is 25.3 Å². The van der Waals surface area contributed by atoms with Crippen LogP contribution in [-0.2, 0) is 10.0 Å². The van der Waals surface area contributed by atoms with Crippen molar-refractivity contribution in [2.75, 3.05) is 27.2 Å². The Morgan fingerprint density at radius 1 is 1.48 bits per heavy atom. The molecule has 0 bridgehead atoms. The molecule has 1 aromatic rings. The molecule has 0 saturated carbocycles. The van der Waals surface area contributed by atoms with Crippen LogP contribution < -0.4 is 9.46 Å². The van der Waals surface area contributed by atoms with Crippen molar-refractivity contribution in [3.8, 4) is 5.75 Å². The summed E-state index contributed by atoms with van der Waals surface area (Å²) in [6.45, 7) is 1.48. The Hall–Kier alpha value is -1.64. The summed E-state index contributed by atoms with van der Waals surface area (Å²) < 4.78 is 32.4. The Bertz CT molecular complexity index is 644. The van der Waals surface area contributed by atoms with Gasteiger partial charge in [-0.15, -0.1) is 0 Å². The highest BCUT2D eigenvalue weighted by molar-refractivity contribution is 7.89. The molecular formula is C13H18N2O5S. The molecule has 0 spiro atoms. The van der Waals surface area contributed by atoms with Crippen molar-refractivity contribution in [2.24, 2.45) is 0 Å². The lowest BCUT2D eigenvalue weighted by Gasteiger charge is -2.15. The highest BCUT2D eigenvalue weighted by Crippen LogP contribution is 2.25. The Balaban J connectivity index is 2.29. The average Bonchev–Trinajstić information content (AvgIpc) is 2.82. The SMILES string of the molecule is COc1cc(C(=O)O)ccc1S(=O)(=O)NC1CCN(C)C1. The quantitative estimate of drug-likeness (QED) is 0.815. The Morgan fingerprint density at radius 3 is 2.71 bits per heavy atom. The van der Waals surface area contributed by atoms with Gasteiger partial charge in [0.1, 0.15) is 10.6 Å². The normalized spacial score (nSPS) is 19.6. The topological polar surface area (TPSA) is 95.9 Å². The Labute approximate surface area is 123 Å². The molecule has 0 aliphatic carbocycles. The predicted molar refractivity (Wildman–Crippen MR) is 76.2 cm³/mol. The van der Waals surface area contributed by atoms with Gasteiger partial charge in [-0.25, -0.2) is 17.9 Å². The molecule has 7 nitrogen and oxygen atoms in total. The number of nitrogens with one attached hydrogen (secondary N) is 1. The van der Waals surface area contributed by atoms with E-state index in [0.717, 1.165) is 13.0 Å². The first kappa shape index (κ1) is 15.7. The van der Waals surface area contributed by atoms with Gasteiger partial charge in [-0.2, -0.15) is 0 Å². The van der Waals surface area contributed by atoms with Gasteiger partial charge in [-0.3, -0.25) is 0 Å². The minimum Gasteiger partial charge on any atom is -0.495 e. The molecule has 0 radical (unpaired) electrons. The maximum absolute atomic E-state index is 12.4. The first-order valence-corrected chi connectivity index (χ1v) is 7.94. The molecule has 1 aromatic carbocycles. The third-order valence-corrected chi connectivity index (χ3v) is 4.97. The second-order valence-corrected chi connectivity index (χ2v) is 6.72. The van der Waals surface area contributed by atoms with Gasteiger partial charge in [0, 0.05) is 12.6 Å². The van der Waals surface area contributed by atoms with Gasteiger partial charge in [-0.1, -0.05) is 0 Å². The lowest BCUT2D eigenvalue weighted by atomic mass is 10.2. The molecule has 1 fully saturated rings. The van der Waals surface area contributed by atoms with Crippen molar-refractivity contribution in [3.05, 3.63) is 23.8 Å². The number of likely N-dealkylation sites (tertiary alicyclic amines) is 1. The van der Waals surface area contributed by atoms with Crippen molar-refractivity contribution >= 4 is 16.0 Å². The second kappa shape index (κ2) is 6.00. The molecule has 1 unspecified atom stereocenters.